The fourth-order valence-electron chi connectivity index (χ4n) is 5.25. The predicted molar refractivity (Wildman–Crippen MR) is 236 cm³/mol. The number of hydrogen-bond donors (Lipinski definition) is 8. The van der Waals surface area contributed by atoms with Gasteiger partial charge in [0.05, 0.1) is 66.5 Å². The van der Waals surface area contributed by atoms with E-state index in [0.29, 0.717) is 70.9 Å². The first-order chi connectivity index (χ1) is 28.0. The molecule has 6 rings (SSSR count). The van der Waals surface area contributed by atoms with Crippen molar-refractivity contribution in [1.82, 2.24) is 0 Å². The van der Waals surface area contributed by atoms with Gasteiger partial charge in [0.2, 0.25) is 0 Å². The Morgan fingerprint density at radius 1 is 0.390 bits per heavy atom. The quantitative estimate of drug-likeness (QED) is 0.0546. The average molecular weight is 920 g/mol. The highest BCUT2D eigenvalue weighted by Crippen LogP contribution is 2.38. The molecule has 0 saturated carbocycles. The van der Waals surface area contributed by atoms with E-state index >= 15 is 0 Å². The molecule has 0 fully saturated rings. The molecule has 11 nitrogen and oxygen atoms in total. The van der Waals surface area contributed by atoms with Crippen molar-refractivity contribution in [2.24, 2.45) is 0 Å². The van der Waals surface area contributed by atoms with E-state index in [2.05, 4.69) is 16.0 Å². The van der Waals surface area contributed by atoms with E-state index in [0.717, 1.165) is 0 Å². The Labute approximate surface area is 368 Å². The topological polar surface area (TPSA) is 188 Å². The average Bonchev–Trinajstić information content (AvgIpc) is 3.15. The normalized spacial score (nSPS) is 10.3. The molecule has 0 aliphatic rings. The number of benzene rings is 6. The maximum absolute atomic E-state index is 10.9. The molecule has 0 unspecified atom stereocenters. The third-order valence-electron chi connectivity index (χ3n) is 7.88. The van der Waals surface area contributed by atoms with Gasteiger partial charge in [0.25, 0.3) is 0 Å². The predicted octanol–water partition coefficient (Wildman–Crippen LogP) is 12.5. The number of halogens is 6. The maximum atomic E-state index is 10.9. The molecule has 59 heavy (non-hydrogen) atoms. The van der Waals surface area contributed by atoms with Gasteiger partial charge >= 0.3 is 17.9 Å². The molecule has 0 aliphatic heterocycles. The van der Waals surface area contributed by atoms with E-state index in [9.17, 15) is 24.6 Å². The summed E-state index contributed by atoms with van der Waals surface area (Å²) in [6.45, 7) is 0. The number of carboxylic acid groups (broad SMARTS) is 3. The SMILES string of the molecule is O=C(O)Cc1cc(O)ccc1Nc1c(Cl)cccc1Cl.O=C(O)Cc1ccccc1Nc1c(Cl)cc(O)cc1Cl.O=C(O)Cc1ccccc1Nc1c(Cl)cccc1Cl. The Morgan fingerprint density at radius 3 is 1.12 bits per heavy atom. The number of aromatic hydroxyl groups is 2. The summed E-state index contributed by atoms with van der Waals surface area (Å²) < 4.78 is 0. The van der Waals surface area contributed by atoms with Crippen LogP contribution in [0.15, 0.2) is 115 Å². The lowest BCUT2D eigenvalue weighted by Crippen LogP contribution is -2.04. The number of para-hydroxylation sites is 4. The van der Waals surface area contributed by atoms with E-state index in [1.807, 2.05) is 6.07 Å². The molecule has 0 radical (unpaired) electrons. The molecule has 0 aliphatic carbocycles. The Morgan fingerprint density at radius 2 is 0.729 bits per heavy atom. The summed E-state index contributed by atoms with van der Waals surface area (Å²) in [6.07, 6.45) is -0.402. The standard InChI is InChI=1S/2C14H11Cl2NO3.C14H11Cl2NO2/c15-10-2-1-3-11(16)14(10)17-12-5-4-9(18)6-8(12)7-13(19)20;15-10-6-9(18)7-11(16)14(10)17-12-4-2-1-3-8(12)5-13(19)20;15-10-5-3-6-11(16)14(10)17-12-7-2-1-4-9(12)8-13(18)19/h1-6,17-18H,7H2,(H,19,20);1-4,6-7,17-18H,5H2,(H,19,20);1-7,17H,8H2,(H,18,19). The van der Waals surface area contributed by atoms with Crippen LogP contribution in [0.25, 0.3) is 0 Å². The molecule has 6 aromatic carbocycles. The second-order valence-electron chi connectivity index (χ2n) is 12.2. The highest BCUT2D eigenvalue weighted by molar-refractivity contribution is 6.40. The van der Waals surface area contributed by atoms with Crippen molar-refractivity contribution in [2.45, 2.75) is 19.3 Å². The molecule has 0 heterocycles. The summed E-state index contributed by atoms with van der Waals surface area (Å²) in [7, 11) is 0. The number of carboxylic acids is 3. The minimum absolute atomic E-state index is 0.00273. The van der Waals surface area contributed by atoms with Gasteiger partial charge in [0.15, 0.2) is 0 Å². The van der Waals surface area contributed by atoms with Gasteiger partial charge in [-0.15, -0.1) is 0 Å². The van der Waals surface area contributed by atoms with Gasteiger partial charge in [-0.25, -0.2) is 0 Å². The Hall–Kier alpha value is -5.53. The van der Waals surface area contributed by atoms with Gasteiger partial charge in [-0.05, 0) is 71.3 Å². The second-order valence-corrected chi connectivity index (χ2v) is 14.7. The van der Waals surface area contributed by atoms with Crippen LogP contribution in [0.2, 0.25) is 30.1 Å². The summed E-state index contributed by atoms with van der Waals surface area (Å²) in [4.78, 5) is 32.5. The highest BCUT2D eigenvalue weighted by Gasteiger charge is 2.14. The van der Waals surface area contributed by atoms with Crippen molar-refractivity contribution in [1.29, 1.82) is 0 Å². The number of hydrogen-bond acceptors (Lipinski definition) is 8. The number of phenolic OH excluding ortho intramolecular Hbond substituents is 2. The lowest BCUT2D eigenvalue weighted by atomic mass is 10.1. The van der Waals surface area contributed by atoms with Crippen LogP contribution in [-0.2, 0) is 33.6 Å². The summed E-state index contributed by atoms with van der Waals surface area (Å²) in [6, 6.07) is 31.5. The van der Waals surface area contributed by atoms with Gasteiger partial charge in [-0.1, -0.05) is 118 Å². The van der Waals surface area contributed by atoms with Gasteiger partial charge < -0.3 is 41.5 Å². The van der Waals surface area contributed by atoms with Crippen molar-refractivity contribution in [3.63, 3.8) is 0 Å². The summed E-state index contributed by atoms with van der Waals surface area (Å²) >= 11 is 36.3. The van der Waals surface area contributed by atoms with E-state index in [1.165, 1.54) is 24.3 Å². The van der Waals surface area contributed by atoms with E-state index < -0.39 is 17.9 Å². The van der Waals surface area contributed by atoms with Crippen LogP contribution in [0.3, 0.4) is 0 Å². The zero-order chi connectivity index (χ0) is 43.2. The largest absolute Gasteiger partial charge is 0.508 e. The molecule has 0 spiro atoms. The number of carbonyl (C=O) groups is 3. The Balaban J connectivity index is 0.000000196. The van der Waals surface area contributed by atoms with E-state index in [1.54, 1.807) is 84.9 Å². The van der Waals surface area contributed by atoms with Crippen LogP contribution >= 0.6 is 69.6 Å². The molecule has 0 aromatic heterocycles. The minimum atomic E-state index is -0.996. The van der Waals surface area contributed by atoms with Crippen molar-refractivity contribution in [3.8, 4) is 11.5 Å². The lowest BCUT2D eigenvalue weighted by molar-refractivity contribution is -0.137. The smallest absolute Gasteiger partial charge is 0.307 e. The molecule has 0 saturated heterocycles. The van der Waals surface area contributed by atoms with Crippen LogP contribution in [-0.4, -0.2) is 43.4 Å². The van der Waals surface area contributed by atoms with Crippen LogP contribution in [0.5, 0.6) is 11.5 Å². The van der Waals surface area contributed by atoms with E-state index in [4.69, 9.17) is 84.9 Å². The number of aliphatic carboxylic acids is 3. The zero-order valence-electron chi connectivity index (χ0n) is 30.3. The third-order valence-corrected chi connectivity index (χ3v) is 9.74. The molecule has 6 aromatic rings. The first-order valence-corrected chi connectivity index (χ1v) is 19.3. The van der Waals surface area contributed by atoms with Crippen molar-refractivity contribution in [2.75, 3.05) is 16.0 Å². The molecule has 0 amide bonds. The molecule has 0 bridgehead atoms. The fraction of sp³-hybridized carbons (Fsp3) is 0.0714. The molecule has 8 N–H and O–H groups in total. The van der Waals surface area contributed by atoms with Gasteiger partial charge in [0, 0.05) is 29.2 Å². The molecule has 17 heteroatoms. The van der Waals surface area contributed by atoms with Crippen LogP contribution in [0, 0.1) is 0 Å². The molecular formula is C42H33Cl6N3O8. The Bertz CT molecular complexity index is 2410. The summed E-state index contributed by atoms with van der Waals surface area (Å²) in [5.41, 5.74) is 5.02. The number of rotatable bonds is 12. The number of phenols is 2. The van der Waals surface area contributed by atoms with Crippen molar-refractivity contribution >= 4 is 122 Å². The van der Waals surface area contributed by atoms with Gasteiger partial charge in [-0.3, -0.25) is 14.4 Å². The highest BCUT2D eigenvalue weighted by atomic mass is 35.5. The zero-order valence-corrected chi connectivity index (χ0v) is 34.9. The first-order valence-electron chi connectivity index (χ1n) is 17.0. The van der Waals surface area contributed by atoms with E-state index in [-0.39, 0.29) is 40.8 Å². The Kier molecular flexibility index (Phi) is 17.2. The summed E-state index contributed by atoms with van der Waals surface area (Å²) in [5, 5.41) is 56.9. The van der Waals surface area contributed by atoms with Gasteiger partial charge in [-0.2, -0.15) is 0 Å². The number of anilines is 6. The monoisotopic (exact) mass is 917 g/mol. The van der Waals surface area contributed by atoms with Crippen LogP contribution in [0.4, 0.5) is 34.1 Å². The van der Waals surface area contributed by atoms with Crippen molar-refractivity contribution in [3.05, 3.63) is 162 Å². The lowest BCUT2D eigenvalue weighted by Gasteiger charge is -2.14. The fourth-order valence-corrected chi connectivity index (χ4v) is 6.80. The molecule has 306 valence electrons. The van der Waals surface area contributed by atoms with Crippen LogP contribution < -0.4 is 16.0 Å². The molecule has 0 atom stereocenters. The van der Waals surface area contributed by atoms with Gasteiger partial charge in [0.1, 0.15) is 11.5 Å². The third kappa shape index (κ3) is 14.1. The maximum Gasteiger partial charge on any atom is 0.307 e. The summed E-state index contributed by atoms with van der Waals surface area (Å²) in [5.74, 6) is -2.85. The first kappa shape index (κ1) is 46.2. The number of nitrogens with one attached hydrogen (secondary N) is 3. The molecular weight excluding hydrogens is 887 g/mol. The second kappa shape index (κ2) is 22.0. The van der Waals surface area contributed by atoms with Crippen molar-refractivity contribution < 1.29 is 39.9 Å². The minimum Gasteiger partial charge on any atom is -0.508 e. The van der Waals surface area contributed by atoms with Crippen LogP contribution in [0.1, 0.15) is 16.7 Å².